The van der Waals surface area contributed by atoms with Gasteiger partial charge in [0.25, 0.3) is 25.2 Å². The number of halogens is 2. The Labute approximate surface area is 247 Å². The SMILES string of the molecule is CCC(/C=C(\Sc1ccc(Cl)cc1)N(C)CCCS(=O)(=O)O)=C\c1sc2ccc(Cl)cc2[n+]1CCS(=O)(=O)O. The van der Waals surface area contributed by atoms with Crippen molar-refractivity contribution in [3.8, 4) is 0 Å². The van der Waals surface area contributed by atoms with E-state index in [0.717, 1.165) is 30.7 Å². The van der Waals surface area contributed by atoms with Crippen LogP contribution in [0.1, 0.15) is 24.8 Å². The normalized spacial score (nSPS) is 13.3. The molecule has 0 aliphatic heterocycles. The topological polar surface area (TPSA) is 116 Å². The first kappa shape index (κ1) is 31.9. The molecule has 3 aromatic rings. The lowest BCUT2D eigenvalue weighted by atomic mass is 10.2. The van der Waals surface area contributed by atoms with Crippen molar-refractivity contribution in [2.24, 2.45) is 0 Å². The van der Waals surface area contributed by atoms with Crippen LogP contribution >= 0.6 is 46.3 Å². The summed E-state index contributed by atoms with van der Waals surface area (Å²) in [5.74, 6) is -0.785. The summed E-state index contributed by atoms with van der Waals surface area (Å²) in [5, 5.41) is 2.75. The lowest BCUT2D eigenvalue weighted by molar-refractivity contribution is -0.664. The Morgan fingerprint density at radius 1 is 1.03 bits per heavy atom. The first-order chi connectivity index (χ1) is 18.2. The lowest BCUT2D eigenvalue weighted by Crippen LogP contribution is -2.38. The summed E-state index contributed by atoms with van der Waals surface area (Å²) >= 11 is 15.2. The summed E-state index contributed by atoms with van der Waals surface area (Å²) in [4.78, 5) is 2.85. The van der Waals surface area contributed by atoms with E-state index in [9.17, 15) is 21.4 Å². The molecule has 8 nitrogen and oxygen atoms in total. The number of nitrogens with zero attached hydrogens (tertiary/aromatic N) is 2. The fourth-order valence-electron chi connectivity index (χ4n) is 3.62. The number of fused-ring (bicyclic) bond motifs is 1. The van der Waals surface area contributed by atoms with Gasteiger partial charge in [-0.25, -0.2) is 0 Å². The van der Waals surface area contributed by atoms with Crippen molar-refractivity contribution >= 4 is 82.8 Å². The van der Waals surface area contributed by atoms with Crippen LogP contribution in [0, 0.1) is 0 Å². The first-order valence-corrected chi connectivity index (χ1v) is 17.4. The number of aryl methyl sites for hydroxylation is 1. The quantitative estimate of drug-likeness (QED) is 0.0998. The highest BCUT2D eigenvalue weighted by atomic mass is 35.5. The highest BCUT2D eigenvalue weighted by molar-refractivity contribution is 8.03. The molecule has 0 aliphatic carbocycles. The van der Waals surface area contributed by atoms with E-state index in [-0.39, 0.29) is 18.7 Å². The van der Waals surface area contributed by atoms with Gasteiger partial charge < -0.3 is 4.90 Å². The van der Waals surface area contributed by atoms with E-state index >= 15 is 0 Å². The average Bonchev–Trinajstić information content (AvgIpc) is 3.17. The van der Waals surface area contributed by atoms with Crippen molar-refractivity contribution in [2.45, 2.75) is 31.2 Å². The molecule has 2 N–H and O–H groups in total. The minimum absolute atomic E-state index is 0.0492. The van der Waals surface area contributed by atoms with Crippen LogP contribution in [0.2, 0.25) is 10.0 Å². The number of allylic oxidation sites excluding steroid dienone is 2. The highest BCUT2D eigenvalue weighted by Crippen LogP contribution is 2.32. The molecular weight excluding hydrogens is 623 g/mol. The van der Waals surface area contributed by atoms with Crippen LogP contribution in [-0.4, -0.2) is 55.9 Å². The Balaban J connectivity index is 2.03. The van der Waals surface area contributed by atoms with Gasteiger partial charge in [0, 0.05) is 40.7 Å². The molecule has 0 aliphatic rings. The van der Waals surface area contributed by atoms with Gasteiger partial charge >= 0.3 is 0 Å². The van der Waals surface area contributed by atoms with Crippen molar-refractivity contribution in [1.82, 2.24) is 4.90 Å². The molecule has 0 radical (unpaired) electrons. The predicted molar refractivity (Wildman–Crippen MR) is 161 cm³/mol. The zero-order valence-corrected chi connectivity index (χ0v) is 26.0. The molecule has 2 aromatic carbocycles. The number of hydrogen-bond donors (Lipinski definition) is 2. The molecule has 0 amide bonds. The van der Waals surface area contributed by atoms with Crippen molar-refractivity contribution in [3.05, 3.63) is 74.2 Å². The molecule has 3 rings (SSSR count). The van der Waals surface area contributed by atoms with Crippen molar-refractivity contribution in [2.75, 3.05) is 25.1 Å². The number of thiazole rings is 1. The molecule has 0 saturated carbocycles. The van der Waals surface area contributed by atoms with E-state index in [1.807, 2.05) is 53.8 Å². The monoisotopic (exact) mass is 651 g/mol. The molecule has 0 atom stereocenters. The van der Waals surface area contributed by atoms with E-state index in [0.29, 0.717) is 23.0 Å². The van der Waals surface area contributed by atoms with Crippen LogP contribution in [0.5, 0.6) is 0 Å². The van der Waals surface area contributed by atoms with Crippen LogP contribution in [0.4, 0.5) is 0 Å². The highest BCUT2D eigenvalue weighted by Gasteiger charge is 2.22. The third-order valence-electron chi connectivity index (χ3n) is 5.60. The van der Waals surface area contributed by atoms with Crippen LogP contribution in [-0.2, 0) is 26.8 Å². The van der Waals surface area contributed by atoms with Gasteiger partial charge in [0.05, 0.1) is 10.8 Å². The lowest BCUT2D eigenvalue weighted by Gasteiger charge is -2.22. The van der Waals surface area contributed by atoms with E-state index in [1.54, 1.807) is 24.3 Å². The minimum Gasteiger partial charge on any atom is -0.369 e. The Hall–Kier alpha value is -1.64. The van der Waals surface area contributed by atoms with E-state index in [4.69, 9.17) is 27.8 Å². The van der Waals surface area contributed by atoms with Gasteiger partial charge in [-0.05, 0) is 60.9 Å². The molecule has 14 heteroatoms. The predicted octanol–water partition coefficient (Wildman–Crippen LogP) is 6.02. The second kappa shape index (κ2) is 13.8. The number of thioether (sulfide) groups is 1. The average molecular weight is 653 g/mol. The summed E-state index contributed by atoms with van der Waals surface area (Å²) in [6.07, 6.45) is 4.86. The van der Waals surface area contributed by atoms with Gasteiger partial charge in [-0.15, -0.1) is 0 Å². The number of benzene rings is 2. The van der Waals surface area contributed by atoms with Crippen LogP contribution in [0.25, 0.3) is 16.3 Å². The molecule has 0 fully saturated rings. The Kier molecular flexibility index (Phi) is 11.3. The van der Waals surface area contributed by atoms with Gasteiger partial charge in [0.15, 0.2) is 6.54 Å². The minimum atomic E-state index is -4.18. The standard InChI is InChI=1S/C25H28Cl2N2O6S4/c1-3-18(16-25-29(12-14-39(33,34)35)22-17-20(27)7-10-23(22)37-25)15-24(28(2)11-4-13-38(30,31)32)36-21-8-5-19(26)6-9-21/h5-10,15-17H,3-4,11-14H2,1-2H3,(H-,30,31,32,33,34,35)/p+1. The maximum absolute atomic E-state index is 11.5. The Morgan fingerprint density at radius 3 is 2.28 bits per heavy atom. The van der Waals surface area contributed by atoms with Crippen LogP contribution in [0.15, 0.2) is 64.0 Å². The maximum atomic E-state index is 11.5. The summed E-state index contributed by atoms with van der Waals surface area (Å²) in [6, 6.07) is 12.8. The molecule has 0 bridgehead atoms. The van der Waals surface area contributed by atoms with Crippen molar-refractivity contribution in [3.63, 3.8) is 0 Å². The van der Waals surface area contributed by atoms with E-state index < -0.39 is 26.0 Å². The molecule has 0 spiro atoms. The summed E-state index contributed by atoms with van der Waals surface area (Å²) < 4.78 is 66.7. The van der Waals surface area contributed by atoms with Gasteiger partial charge in [-0.3, -0.25) is 9.11 Å². The van der Waals surface area contributed by atoms with Crippen LogP contribution in [0.3, 0.4) is 0 Å². The Morgan fingerprint density at radius 2 is 1.67 bits per heavy atom. The molecule has 1 aromatic heterocycles. The second-order valence-electron chi connectivity index (χ2n) is 8.66. The Bertz CT molecular complexity index is 1580. The van der Waals surface area contributed by atoms with Gasteiger partial charge in [0.2, 0.25) is 5.52 Å². The largest absolute Gasteiger partial charge is 0.369 e. The molecule has 1 heterocycles. The molecule has 0 saturated heterocycles. The molecule has 39 heavy (non-hydrogen) atoms. The molecular formula is C25H29Cl2N2O6S4+. The van der Waals surface area contributed by atoms with Gasteiger partial charge in [0.1, 0.15) is 10.5 Å². The fraction of sp³-hybridized carbons (Fsp3) is 0.320. The number of rotatable bonds is 13. The zero-order valence-electron chi connectivity index (χ0n) is 21.2. The summed E-state index contributed by atoms with van der Waals surface area (Å²) in [5.41, 5.74) is 1.70. The summed E-state index contributed by atoms with van der Waals surface area (Å²) in [6.45, 7) is 2.44. The van der Waals surface area contributed by atoms with Crippen molar-refractivity contribution < 1.29 is 30.5 Å². The van der Waals surface area contributed by atoms with Crippen molar-refractivity contribution in [1.29, 1.82) is 0 Å². The van der Waals surface area contributed by atoms with Gasteiger partial charge in [-0.1, -0.05) is 53.2 Å². The number of aromatic nitrogens is 1. The third kappa shape index (κ3) is 10.4. The maximum Gasteiger partial charge on any atom is 0.271 e. The van der Waals surface area contributed by atoms with E-state index in [1.165, 1.54) is 23.1 Å². The summed E-state index contributed by atoms with van der Waals surface area (Å²) in [7, 11) is -6.40. The number of hydrogen-bond acceptors (Lipinski definition) is 7. The third-order valence-corrected chi connectivity index (χ3v) is 9.85. The first-order valence-electron chi connectivity index (χ1n) is 11.8. The molecule has 212 valence electrons. The van der Waals surface area contributed by atoms with E-state index in [2.05, 4.69) is 0 Å². The smallest absolute Gasteiger partial charge is 0.271 e. The second-order valence-corrected chi connectivity index (χ2v) is 14.8. The van der Waals surface area contributed by atoms with Crippen LogP contribution < -0.4 is 4.57 Å². The molecule has 0 unspecified atom stereocenters. The fourth-order valence-corrected chi connectivity index (χ4v) is 6.93. The van der Waals surface area contributed by atoms with Gasteiger partial charge in [-0.2, -0.15) is 21.4 Å². The zero-order chi connectivity index (χ0) is 28.8.